The summed E-state index contributed by atoms with van der Waals surface area (Å²) in [6, 6.07) is 5.15. The lowest BCUT2D eigenvalue weighted by atomic mass is 9.73. The highest BCUT2D eigenvalue weighted by Crippen LogP contribution is 2.38. The van der Waals surface area contributed by atoms with Crippen LogP contribution in [0.4, 0.5) is 0 Å². The molecule has 0 aliphatic rings. The molecule has 0 spiro atoms. The van der Waals surface area contributed by atoms with E-state index in [-0.39, 0.29) is 11.9 Å². The molecule has 100 valence electrons. The van der Waals surface area contributed by atoms with Crippen LogP contribution < -0.4 is 0 Å². The largest absolute Gasteiger partial charge is 0.465 e. The van der Waals surface area contributed by atoms with E-state index in [2.05, 4.69) is 0 Å². The Bertz CT molecular complexity index is 443. The normalized spacial score (nSPS) is 14.4. The second kappa shape index (κ2) is 5.94. The summed E-state index contributed by atoms with van der Waals surface area (Å²) in [7, 11) is 0. The van der Waals surface area contributed by atoms with Crippen LogP contribution in [0.1, 0.15) is 33.3 Å². The minimum Gasteiger partial charge on any atom is -0.465 e. The number of halogens is 2. The Hall–Kier alpha value is -0.730. The summed E-state index contributed by atoms with van der Waals surface area (Å²) in [5.74, 6) is -0.225. The molecule has 0 bridgehead atoms. The standard InChI is InChI=1S/C14H18Cl2O2/c1-5-18-13(17)14(4,9(2)3)11-8-10(15)6-7-12(11)16/h6-9H,5H2,1-4H3. The van der Waals surface area contributed by atoms with Gasteiger partial charge >= 0.3 is 5.97 Å². The predicted octanol–water partition coefficient (Wildman–Crippen LogP) is 4.47. The van der Waals surface area contributed by atoms with Crippen LogP contribution in [-0.4, -0.2) is 12.6 Å². The van der Waals surface area contributed by atoms with Crippen molar-refractivity contribution >= 4 is 29.2 Å². The molecular weight excluding hydrogens is 271 g/mol. The number of carbonyl (C=O) groups is 1. The van der Waals surface area contributed by atoms with Crippen LogP contribution in [0.5, 0.6) is 0 Å². The van der Waals surface area contributed by atoms with E-state index in [4.69, 9.17) is 27.9 Å². The van der Waals surface area contributed by atoms with Crippen LogP contribution in [0.25, 0.3) is 0 Å². The second-order valence-corrected chi connectivity index (χ2v) is 5.55. The van der Waals surface area contributed by atoms with Gasteiger partial charge in [-0.05, 0) is 43.5 Å². The molecule has 0 heterocycles. The topological polar surface area (TPSA) is 26.3 Å². The zero-order valence-corrected chi connectivity index (χ0v) is 12.6. The van der Waals surface area contributed by atoms with Crippen molar-refractivity contribution in [1.82, 2.24) is 0 Å². The fourth-order valence-corrected chi connectivity index (χ4v) is 2.32. The maximum atomic E-state index is 12.2. The summed E-state index contributed by atoms with van der Waals surface area (Å²) < 4.78 is 5.18. The van der Waals surface area contributed by atoms with Crippen LogP contribution in [0.15, 0.2) is 18.2 Å². The number of ether oxygens (including phenoxy) is 1. The first-order valence-electron chi connectivity index (χ1n) is 5.96. The zero-order chi connectivity index (χ0) is 13.9. The highest BCUT2D eigenvalue weighted by atomic mass is 35.5. The van der Waals surface area contributed by atoms with Gasteiger partial charge in [0, 0.05) is 10.0 Å². The highest BCUT2D eigenvalue weighted by molar-refractivity contribution is 6.34. The van der Waals surface area contributed by atoms with E-state index >= 15 is 0 Å². The molecule has 1 aromatic rings. The predicted molar refractivity (Wildman–Crippen MR) is 75.3 cm³/mol. The van der Waals surface area contributed by atoms with Crippen molar-refractivity contribution in [2.45, 2.75) is 33.1 Å². The SMILES string of the molecule is CCOC(=O)C(C)(c1cc(Cl)ccc1Cl)C(C)C. The van der Waals surface area contributed by atoms with Crippen molar-refractivity contribution in [3.05, 3.63) is 33.8 Å². The third-order valence-corrected chi connectivity index (χ3v) is 3.91. The molecule has 4 heteroatoms. The van der Waals surface area contributed by atoms with Gasteiger partial charge in [-0.3, -0.25) is 4.79 Å². The van der Waals surface area contributed by atoms with Gasteiger partial charge in [0.05, 0.1) is 12.0 Å². The molecule has 1 rings (SSSR count). The molecular formula is C14H18Cl2O2. The van der Waals surface area contributed by atoms with Gasteiger partial charge in [0.15, 0.2) is 0 Å². The van der Waals surface area contributed by atoms with Crippen LogP contribution in [-0.2, 0) is 14.9 Å². The molecule has 1 aromatic carbocycles. The molecule has 0 N–H and O–H groups in total. The fourth-order valence-electron chi connectivity index (χ4n) is 1.83. The van der Waals surface area contributed by atoms with Crippen molar-refractivity contribution in [3.63, 3.8) is 0 Å². The molecule has 0 amide bonds. The van der Waals surface area contributed by atoms with E-state index in [9.17, 15) is 4.79 Å². The van der Waals surface area contributed by atoms with Crippen molar-refractivity contribution in [2.24, 2.45) is 5.92 Å². The number of esters is 1. The molecule has 18 heavy (non-hydrogen) atoms. The summed E-state index contributed by atoms with van der Waals surface area (Å²) in [5.41, 5.74) is -0.0806. The van der Waals surface area contributed by atoms with E-state index in [0.717, 1.165) is 0 Å². The van der Waals surface area contributed by atoms with E-state index < -0.39 is 5.41 Å². The van der Waals surface area contributed by atoms with E-state index in [1.165, 1.54) is 0 Å². The molecule has 0 aromatic heterocycles. The first-order valence-corrected chi connectivity index (χ1v) is 6.72. The summed E-state index contributed by atoms with van der Waals surface area (Å²) in [4.78, 5) is 12.2. The van der Waals surface area contributed by atoms with Crippen molar-refractivity contribution in [3.8, 4) is 0 Å². The molecule has 0 saturated carbocycles. The first kappa shape index (κ1) is 15.3. The van der Waals surface area contributed by atoms with Crippen molar-refractivity contribution in [1.29, 1.82) is 0 Å². The Morgan fingerprint density at radius 3 is 2.50 bits per heavy atom. The van der Waals surface area contributed by atoms with Crippen LogP contribution >= 0.6 is 23.2 Å². The second-order valence-electron chi connectivity index (χ2n) is 4.70. The lowest BCUT2D eigenvalue weighted by Gasteiger charge is -2.32. The summed E-state index contributed by atoms with van der Waals surface area (Å²) >= 11 is 12.2. The Balaban J connectivity index is 3.35. The van der Waals surface area contributed by atoms with Gasteiger partial charge in [-0.2, -0.15) is 0 Å². The molecule has 0 fully saturated rings. The monoisotopic (exact) mass is 288 g/mol. The van der Waals surface area contributed by atoms with Gasteiger partial charge < -0.3 is 4.74 Å². The van der Waals surface area contributed by atoms with Crippen molar-refractivity contribution < 1.29 is 9.53 Å². The minimum absolute atomic E-state index is 0.0486. The summed E-state index contributed by atoms with van der Waals surface area (Å²) in [6.45, 7) is 7.91. The van der Waals surface area contributed by atoms with Crippen LogP contribution in [0.2, 0.25) is 10.0 Å². The number of benzene rings is 1. The Morgan fingerprint density at radius 2 is 2.00 bits per heavy atom. The highest BCUT2D eigenvalue weighted by Gasteiger charge is 2.41. The maximum absolute atomic E-state index is 12.2. The van der Waals surface area contributed by atoms with Crippen molar-refractivity contribution in [2.75, 3.05) is 6.61 Å². The Labute approximate surface area is 118 Å². The van der Waals surface area contributed by atoms with E-state index in [1.807, 2.05) is 20.8 Å². The summed E-state index contributed by atoms with van der Waals surface area (Å²) in [5, 5.41) is 1.09. The van der Waals surface area contributed by atoms with E-state index in [0.29, 0.717) is 22.2 Å². The Kier molecular flexibility index (Phi) is 5.06. The van der Waals surface area contributed by atoms with Gasteiger partial charge in [0.1, 0.15) is 0 Å². The molecule has 0 saturated heterocycles. The van der Waals surface area contributed by atoms with Gasteiger partial charge in [-0.1, -0.05) is 37.0 Å². The number of carbonyl (C=O) groups excluding carboxylic acids is 1. The number of hydrogen-bond acceptors (Lipinski definition) is 2. The fraction of sp³-hybridized carbons (Fsp3) is 0.500. The van der Waals surface area contributed by atoms with Gasteiger partial charge in [-0.15, -0.1) is 0 Å². The minimum atomic E-state index is -0.794. The maximum Gasteiger partial charge on any atom is 0.316 e. The lowest BCUT2D eigenvalue weighted by Crippen LogP contribution is -2.39. The number of hydrogen-bond donors (Lipinski definition) is 0. The molecule has 0 radical (unpaired) electrons. The van der Waals surface area contributed by atoms with Gasteiger partial charge in [-0.25, -0.2) is 0 Å². The van der Waals surface area contributed by atoms with Gasteiger partial charge in [0.2, 0.25) is 0 Å². The third-order valence-electron chi connectivity index (χ3n) is 3.34. The molecule has 0 aliphatic carbocycles. The zero-order valence-electron chi connectivity index (χ0n) is 11.1. The molecule has 1 atom stereocenters. The Morgan fingerprint density at radius 1 is 1.39 bits per heavy atom. The van der Waals surface area contributed by atoms with Gasteiger partial charge in [0.25, 0.3) is 0 Å². The lowest BCUT2D eigenvalue weighted by molar-refractivity contribution is -0.151. The average molecular weight is 289 g/mol. The smallest absolute Gasteiger partial charge is 0.316 e. The molecule has 2 nitrogen and oxygen atoms in total. The first-order chi connectivity index (χ1) is 8.33. The molecule has 1 unspecified atom stereocenters. The molecule has 0 aliphatic heterocycles. The van der Waals surface area contributed by atoms with Crippen LogP contribution in [0.3, 0.4) is 0 Å². The summed E-state index contributed by atoms with van der Waals surface area (Å²) in [6.07, 6.45) is 0. The third kappa shape index (κ3) is 2.81. The van der Waals surface area contributed by atoms with E-state index in [1.54, 1.807) is 25.1 Å². The number of rotatable bonds is 4. The quantitative estimate of drug-likeness (QED) is 0.764. The average Bonchev–Trinajstić information content (AvgIpc) is 2.31. The van der Waals surface area contributed by atoms with Crippen LogP contribution in [0, 0.1) is 5.92 Å².